The van der Waals surface area contributed by atoms with Gasteiger partial charge in [0.1, 0.15) is 11.5 Å². The minimum Gasteiger partial charge on any atom is -0.465 e. The Morgan fingerprint density at radius 3 is 2.04 bits per heavy atom. The van der Waals surface area contributed by atoms with Crippen molar-refractivity contribution in [1.29, 1.82) is 0 Å². The van der Waals surface area contributed by atoms with E-state index in [4.69, 9.17) is 14.2 Å². The maximum Gasteiger partial charge on any atom is 0.337 e. The van der Waals surface area contributed by atoms with Crippen molar-refractivity contribution < 1.29 is 19.0 Å². The van der Waals surface area contributed by atoms with Crippen molar-refractivity contribution in [2.45, 2.75) is 0 Å². The molecular formula is C23H19NO4. The lowest BCUT2D eigenvalue weighted by Crippen LogP contribution is -2.05. The van der Waals surface area contributed by atoms with Crippen LogP contribution in [0.1, 0.15) is 10.4 Å². The van der Waals surface area contributed by atoms with Crippen molar-refractivity contribution in [1.82, 2.24) is 0 Å². The number of para-hydroxylation sites is 2. The standard InChI is InChI=1S/C23H19NO4/c1-26-23(25)18-12-14-19(15-13-18)24-22(28-21-10-6-3-7-11-21)16-17-27-20-8-4-2-5-9-20/h2-17H,1H3/b17-16+,24-22?. The number of nitrogens with zero attached hydrogens (tertiary/aromatic N) is 1. The number of carbonyl (C=O) groups excluding carboxylic acids is 1. The predicted molar refractivity (Wildman–Crippen MR) is 108 cm³/mol. The fourth-order valence-corrected chi connectivity index (χ4v) is 2.29. The summed E-state index contributed by atoms with van der Waals surface area (Å²) in [6.45, 7) is 0. The summed E-state index contributed by atoms with van der Waals surface area (Å²) in [5, 5.41) is 0. The largest absolute Gasteiger partial charge is 0.465 e. The van der Waals surface area contributed by atoms with Crippen LogP contribution in [0, 0.1) is 0 Å². The molecule has 0 saturated carbocycles. The fourth-order valence-electron chi connectivity index (χ4n) is 2.29. The smallest absolute Gasteiger partial charge is 0.337 e. The number of ether oxygens (including phenoxy) is 3. The zero-order chi connectivity index (χ0) is 19.6. The SMILES string of the molecule is COC(=O)c1ccc(N=C(/C=C/Oc2ccccc2)Oc2ccccc2)cc1. The number of benzene rings is 3. The summed E-state index contributed by atoms with van der Waals surface area (Å²) >= 11 is 0. The molecule has 0 heterocycles. The quantitative estimate of drug-likeness (QED) is 0.259. The summed E-state index contributed by atoms with van der Waals surface area (Å²) in [7, 11) is 1.34. The Bertz CT molecular complexity index is 949. The highest BCUT2D eigenvalue weighted by Gasteiger charge is 2.05. The van der Waals surface area contributed by atoms with E-state index in [2.05, 4.69) is 4.99 Å². The average molecular weight is 373 g/mol. The summed E-state index contributed by atoms with van der Waals surface area (Å²) in [5.41, 5.74) is 1.08. The van der Waals surface area contributed by atoms with Gasteiger partial charge in [0, 0.05) is 6.08 Å². The molecule has 140 valence electrons. The Morgan fingerprint density at radius 1 is 0.821 bits per heavy atom. The highest BCUT2D eigenvalue weighted by molar-refractivity contribution is 5.92. The first-order chi connectivity index (χ1) is 13.7. The molecule has 0 unspecified atom stereocenters. The number of aliphatic imine (C=N–C) groups is 1. The molecule has 0 aliphatic carbocycles. The molecule has 5 nitrogen and oxygen atoms in total. The molecule has 0 atom stereocenters. The summed E-state index contributed by atoms with van der Waals surface area (Å²) in [4.78, 5) is 16.0. The van der Waals surface area contributed by atoms with Gasteiger partial charge in [-0.3, -0.25) is 0 Å². The molecule has 0 aromatic heterocycles. The van der Waals surface area contributed by atoms with Gasteiger partial charge in [0.25, 0.3) is 0 Å². The van der Waals surface area contributed by atoms with Crippen LogP contribution in [-0.2, 0) is 4.74 Å². The van der Waals surface area contributed by atoms with Crippen LogP contribution in [0.15, 0.2) is 102 Å². The Labute approximate surface area is 163 Å². The molecule has 0 amide bonds. The molecule has 0 fully saturated rings. The topological polar surface area (TPSA) is 57.1 Å². The first-order valence-electron chi connectivity index (χ1n) is 8.63. The number of hydrogen-bond acceptors (Lipinski definition) is 5. The zero-order valence-electron chi connectivity index (χ0n) is 15.3. The summed E-state index contributed by atoms with van der Waals surface area (Å²) in [5.74, 6) is 1.30. The second-order valence-corrected chi connectivity index (χ2v) is 5.64. The van der Waals surface area contributed by atoms with Crippen LogP contribution in [0.4, 0.5) is 5.69 Å². The molecular weight excluding hydrogens is 354 g/mol. The van der Waals surface area contributed by atoms with Gasteiger partial charge in [-0.25, -0.2) is 9.79 Å². The first kappa shape index (κ1) is 18.9. The van der Waals surface area contributed by atoms with E-state index in [0.717, 1.165) is 0 Å². The van der Waals surface area contributed by atoms with E-state index in [1.807, 2.05) is 60.7 Å². The van der Waals surface area contributed by atoms with Crippen molar-refractivity contribution >= 4 is 17.6 Å². The van der Waals surface area contributed by atoms with Crippen LogP contribution in [0.5, 0.6) is 11.5 Å². The predicted octanol–water partition coefficient (Wildman–Crippen LogP) is 5.17. The van der Waals surface area contributed by atoms with Gasteiger partial charge in [-0.15, -0.1) is 0 Å². The van der Waals surface area contributed by atoms with Gasteiger partial charge in [-0.1, -0.05) is 36.4 Å². The molecule has 0 aliphatic heterocycles. The Hall–Kier alpha value is -3.86. The third kappa shape index (κ3) is 5.57. The van der Waals surface area contributed by atoms with Crippen LogP contribution >= 0.6 is 0 Å². The van der Waals surface area contributed by atoms with Crippen LogP contribution in [0.2, 0.25) is 0 Å². The van der Waals surface area contributed by atoms with Crippen molar-refractivity contribution in [2.75, 3.05) is 7.11 Å². The second-order valence-electron chi connectivity index (χ2n) is 5.64. The third-order valence-electron chi connectivity index (χ3n) is 3.65. The van der Waals surface area contributed by atoms with E-state index >= 15 is 0 Å². The zero-order valence-corrected chi connectivity index (χ0v) is 15.3. The van der Waals surface area contributed by atoms with Crippen molar-refractivity contribution in [2.24, 2.45) is 4.99 Å². The fraction of sp³-hybridized carbons (Fsp3) is 0.0435. The van der Waals surface area contributed by atoms with E-state index in [0.29, 0.717) is 28.6 Å². The third-order valence-corrected chi connectivity index (χ3v) is 3.65. The number of carbonyl (C=O) groups is 1. The highest BCUT2D eigenvalue weighted by Crippen LogP contribution is 2.17. The summed E-state index contributed by atoms with van der Waals surface area (Å²) in [6, 6.07) is 25.5. The van der Waals surface area contributed by atoms with Gasteiger partial charge in [0.15, 0.2) is 0 Å². The molecule has 0 radical (unpaired) electrons. The highest BCUT2D eigenvalue weighted by atomic mass is 16.5. The minimum absolute atomic E-state index is 0.341. The van der Waals surface area contributed by atoms with E-state index < -0.39 is 5.97 Å². The van der Waals surface area contributed by atoms with Crippen molar-refractivity contribution in [3.8, 4) is 11.5 Å². The Kier molecular flexibility index (Phi) is 6.57. The second kappa shape index (κ2) is 9.73. The lowest BCUT2D eigenvalue weighted by atomic mass is 10.2. The van der Waals surface area contributed by atoms with E-state index in [9.17, 15) is 4.79 Å². The van der Waals surface area contributed by atoms with E-state index in [1.54, 1.807) is 30.3 Å². The van der Waals surface area contributed by atoms with Gasteiger partial charge in [-0.05, 0) is 48.5 Å². The van der Waals surface area contributed by atoms with Gasteiger partial charge in [0.05, 0.1) is 24.6 Å². The molecule has 0 bridgehead atoms. The lowest BCUT2D eigenvalue weighted by Gasteiger charge is -2.06. The van der Waals surface area contributed by atoms with Gasteiger partial charge < -0.3 is 14.2 Å². The molecule has 3 aromatic rings. The summed E-state index contributed by atoms with van der Waals surface area (Å²) in [6.07, 6.45) is 3.15. The van der Waals surface area contributed by atoms with Crippen LogP contribution in [0.25, 0.3) is 0 Å². The monoisotopic (exact) mass is 373 g/mol. The molecule has 0 aliphatic rings. The molecule has 3 rings (SSSR count). The summed E-state index contributed by atoms with van der Waals surface area (Å²) < 4.78 is 16.1. The molecule has 3 aromatic carbocycles. The van der Waals surface area contributed by atoms with Gasteiger partial charge in [-0.2, -0.15) is 0 Å². The van der Waals surface area contributed by atoms with Crippen LogP contribution < -0.4 is 9.47 Å². The number of esters is 1. The van der Waals surface area contributed by atoms with Crippen LogP contribution in [-0.4, -0.2) is 19.0 Å². The minimum atomic E-state index is -0.396. The van der Waals surface area contributed by atoms with Crippen LogP contribution in [0.3, 0.4) is 0 Å². The normalized spacial score (nSPS) is 11.2. The van der Waals surface area contributed by atoms with E-state index in [-0.39, 0.29) is 0 Å². The average Bonchev–Trinajstić information content (AvgIpc) is 2.75. The maximum atomic E-state index is 11.6. The van der Waals surface area contributed by atoms with Crippen molar-refractivity contribution in [3.05, 3.63) is 103 Å². The molecule has 0 spiro atoms. The first-order valence-corrected chi connectivity index (χ1v) is 8.63. The number of methoxy groups -OCH3 is 1. The van der Waals surface area contributed by atoms with Gasteiger partial charge in [0.2, 0.25) is 5.90 Å². The Balaban J connectivity index is 1.80. The number of hydrogen-bond donors (Lipinski definition) is 0. The van der Waals surface area contributed by atoms with Gasteiger partial charge >= 0.3 is 5.97 Å². The molecule has 5 heteroatoms. The number of rotatable bonds is 6. The molecule has 0 saturated heterocycles. The molecule has 28 heavy (non-hydrogen) atoms. The maximum absolute atomic E-state index is 11.6. The van der Waals surface area contributed by atoms with E-state index in [1.165, 1.54) is 13.4 Å². The lowest BCUT2D eigenvalue weighted by molar-refractivity contribution is 0.0601. The van der Waals surface area contributed by atoms with Crippen molar-refractivity contribution in [3.63, 3.8) is 0 Å². The molecule has 0 N–H and O–H groups in total. The Morgan fingerprint density at radius 2 is 1.43 bits per heavy atom.